The van der Waals surface area contributed by atoms with Crippen LogP contribution in [0.25, 0.3) is 0 Å². The predicted octanol–water partition coefficient (Wildman–Crippen LogP) is 3.19. The van der Waals surface area contributed by atoms with Crippen molar-refractivity contribution in [2.24, 2.45) is 0 Å². The number of benzene rings is 2. The van der Waals surface area contributed by atoms with Crippen molar-refractivity contribution < 1.29 is 22.3 Å². The Labute approximate surface area is 170 Å². The summed E-state index contributed by atoms with van der Waals surface area (Å²) in [4.78, 5) is 12.3. The first-order chi connectivity index (χ1) is 13.7. The molecular formula is C21H25FN2O4S. The number of anilines is 1. The molecule has 1 amide bonds. The number of halogens is 1. The minimum atomic E-state index is -3.61. The van der Waals surface area contributed by atoms with E-state index in [0.29, 0.717) is 25.2 Å². The zero-order valence-corrected chi connectivity index (χ0v) is 17.3. The zero-order chi connectivity index (χ0) is 21.0. The summed E-state index contributed by atoms with van der Waals surface area (Å²) in [7, 11) is -3.61. The highest BCUT2D eigenvalue weighted by molar-refractivity contribution is 7.89. The van der Waals surface area contributed by atoms with Gasteiger partial charge in [0.1, 0.15) is 5.82 Å². The van der Waals surface area contributed by atoms with Crippen LogP contribution in [-0.2, 0) is 26.0 Å². The number of amides is 1. The topological polar surface area (TPSA) is 75.7 Å². The summed E-state index contributed by atoms with van der Waals surface area (Å²) in [5.74, 6) is -0.505. The van der Waals surface area contributed by atoms with E-state index in [0.717, 1.165) is 5.56 Å². The number of carbonyl (C=O) groups is 1. The fourth-order valence-electron chi connectivity index (χ4n) is 3.32. The Balaban J connectivity index is 1.59. The molecule has 0 spiro atoms. The van der Waals surface area contributed by atoms with Crippen LogP contribution in [0.2, 0.25) is 0 Å². The largest absolute Gasteiger partial charge is 0.373 e. The number of aryl methyl sites for hydroxylation is 1. The number of rotatable bonds is 6. The Bertz CT molecular complexity index is 936. The average molecular weight is 421 g/mol. The van der Waals surface area contributed by atoms with Crippen LogP contribution >= 0.6 is 0 Å². The molecule has 0 saturated carbocycles. The summed E-state index contributed by atoms with van der Waals surface area (Å²) in [6, 6.07) is 12.2. The average Bonchev–Trinajstić information content (AvgIpc) is 2.67. The van der Waals surface area contributed by atoms with Gasteiger partial charge in [0, 0.05) is 25.2 Å². The van der Waals surface area contributed by atoms with Gasteiger partial charge in [-0.2, -0.15) is 4.31 Å². The van der Waals surface area contributed by atoms with Crippen molar-refractivity contribution in [2.75, 3.05) is 18.4 Å². The van der Waals surface area contributed by atoms with Crippen LogP contribution in [0.3, 0.4) is 0 Å². The Hall–Kier alpha value is -2.29. The number of hydrogen-bond acceptors (Lipinski definition) is 4. The fraction of sp³-hybridized carbons (Fsp3) is 0.381. The number of hydrogen-bond donors (Lipinski definition) is 1. The molecule has 1 aliphatic heterocycles. The second-order valence-corrected chi connectivity index (χ2v) is 9.22. The molecule has 0 radical (unpaired) electrons. The van der Waals surface area contributed by atoms with Crippen molar-refractivity contribution in [3.63, 3.8) is 0 Å². The number of nitrogens with zero attached hydrogens (tertiary/aromatic N) is 1. The minimum Gasteiger partial charge on any atom is -0.373 e. The second-order valence-electron chi connectivity index (χ2n) is 7.28. The van der Waals surface area contributed by atoms with Gasteiger partial charge in [0.2, 0.25) is 15.9 Å². The summed E-state index contributed by atoms with van der Waals surface area (Å²) in [6.45, 7) is 4.33. The van der Waals surface area contributed by atoms with Crippen LogP contribution in [0, 0.1) is 5.82 Å². The van der Waals surface area contributed by atoms with Crippen LogP contribution in [0.5, 0.6) is 0 Å². The van der Waals surface area contributed by atoms with E-state index >= 15 is 0 Å². The van der Waals surface area contributed by atoms with E-state index in [1.807, 2.05) is 13.8 Å². The highest BCUT2D eigenvalue weighted by Gasteiger charge is 2.32. The zero-order valence-electron chi connectivity index (χ0n) is 16.5. The monoisotopic (exact) mass is 420 g/mol. The molecule has 1 N–H and O–H groups in total. The maximum Gasteiger partial charge on any atom is 0.243 e. The number of carbonyl (C=O) groups excluding carboxylic acids is 1. The maximum atomic E-state index is 12.9. The lowest BCUT2D eigenvalue weighted by atomic mass is 10.1. The van der Waals surface area contributed by atoms with Crippen molar-refractivity contribution in [1.29, 1.82) is 0 Å². The summed E-state index contributed by atoms with van der Waals surface area (Å²) < 4.78 is 45.6. The molecule has 3 rings (SSSR count). The minimum absolute atomic E-state index is 0.159. The molecule has 1 heterocycles. The van der Waals surface area contributed by atoms with Crippen LogP contribution in [-0.4, -0.2) is 43.9 Å². The third-order valence-electron chi connectivity index (χ3n) is 4.72. The molecule has 1 saturated heterocycles. The van der Waals surface area contributed by atoms with E-state index in [4.69, 9.17) is 4.74 Å². The standard InChI is InChI=1S/C21H25FN2O4S/c1-15-13-24(14-16(2)28-15)29(26,27)20-10-8-19(9-11-20)23-21(25)12-5-17-3-6-18(22)7-4-17/h3-4,6-11,15-16H,5,12-14H2,1-2H3,(H,23,25). The molecule has 29 heavy (non-hydrogen) atoms. The predicted molar refractivity (Wildman–Crippen MR) is 109 cm³/mol. The van der Waals surface area contributed by atoms with E-state index in [1.165, 1.54) is 28.6 Å². The molecule has 2 aromatic carbocycles. The van der Waals surface area contributed by atoms with Crippen LogP contribution in [0.1, 0.15) is 25.8 Å². The first-order valence-corrected chi connectivity index (χ1v) is 11.0. The van der Waals surface area contributed by atoms with Gasteiger partial charge < -0.3 is 10.1 Å². The lowest BCUT2D eigenvalue weighted by Gasteiger charge is -2.34. The van der Waals surface area contributed by atoms with Crippen molar-refractivity contribution in [3.8, 4) is 0 Å². The number of ether oxygens (including phenoxy) is 1. The number of sulfonamides is 1. The molecule has 6 nitrogen and oxygen atoms in total. The first-order valence-electron chi connectivity index (χ1n) is 9.54. The lowest BCUT2D eigenvalue weighted by Crippen LogP contribution is -2.48. The Kier molecular flexibility index (Phi) is 6.66. The van der Waals surface area contributed by atoms with E-state index in [1.54, 1.807) is 24.3 Å². The van der Waals surface area contributed by atoms with E-state index in [2.05, 4.69) is 5.32 Å². The SMILES string of the molecule is CC1CN(S(=O)(=O)c2ccc(NC(=O)CCc3ccc(F)cc3)cc2)CC(C)O1. The summed E-state index contributed by atoms with van der Waals surface area (Å²) in [5, 5.41) is 2.75. The first kappa shape index (κ1) is 21.4. The molecule has 0 aliphatic carbocycles. The molecule has 1 fully saturated rings. The van der Waals surface area contributed by atoms with Gasteiger partial charge in [0.05, 0.1) is 17.1 Å². The Morgan fingerprint density at radius 2 is 1.66 bits per heavy atom. The maximum absolute atomic E-state index is 12.9. The lowest BCUT2D eigenvalue weighted by molar-refractivity contribution is -0.116. The quantitative estimate of drug-likeness (QED) is 0.779. The van der Waals surface area contributed by atoms with Crippen LogP contribution < -0.4 is 5.32 Å². The van der Waals surface area contributed by atoms with Gasteiger partial charge in [-0.3, -0.25) is 4.79 Å². The van der Waals surface area contributed by atoms with Crippen molar-refractivity contribution in [1.82, 2.24) is 4.31 Å². The molecular weight excluding hydrogens is 395 g/mol. The molecule has 156 valence electrons. The summed E-state index contributed by atoms with van der Waals surface area (Å²) >= 11 is 0. The van der Waals surface area contributed by atoms with Gasteiger partial charge >= 0.3 is 0 Å². The fourth-order valence-corrected chi connectivity index (χ4v) is 4.91. The van der Waals surface area contributed by atoms with Crippen molar-refractivity contribution >= 4 is 21.6 Å². The van der Waals surface area contributed by atoms with E-state index in [-0.39, 0.29) is 35.2 Å². The highest BCUT2D eigenvalue weighted by Crippen LogP contribution is 2.22. The molecule has 0 aromatic heterocycles. The number of nitrogens with one attached hydrogen (secondary N) is 1. The normalized spacial score (nSPS) is 20.4. The third-order valence-corrected chi connectivity index (χ3v) is 6.56. The van der Waals surface area contributed by atoms with Gasteiger partial charge in [-0.1, -0.05) is 12.1 Å². The molecule has 2 aromatic rings. The van der Waals surface area contributed by atoms with E-state index in [9.17, 15) is 17.6 Å². The molecule has 2 unspecified atom stereocenters. The van der Waals surface area contributed by atoms with Crippen LogP contribution in [0.15, 0.2) is 53.4 Å². The van der Waals surface area contributed by atoms with E-state index < -0.39 is 10.0 Å². The van der Waals surface area contributed by atoms with Crippen molar-refractivity contribution in [2.45, 2.75) is 43.8 Å². The molecule has 0 bridgehead atoms. The van der Waals surface area contributed by atoms with Gasteiger partial charge in [-0.05, 0) is 62.2 Å². The Morgan fingerprint density at radius 1 is 1.07 bits per heavy atom. The van der Waals surface area contributed by atoms with Crippen molar-refractivity contribution in [3.05, 3.63) is 59.9 Å². The smallest absolute Gasteiger partial charge is 0.243 e. The summed E-state index contributed by atoms with van der Waals surface area (Å²) in [6.07, 6.45) is 0.419. The van der Waals surface area contributed by atoms with Crippen LogP contribution in [0.4, 0.5) is 10.1 Å². The van der Waals surface area contributed by atoms with Gasteiger partial charge in [0.25, 0.3) is 0 Å². The van der Waals surface area contributed by atoms with Gasteiger partial charge in [0.15, 0.2) is 0 Å². The Morgan fingerprint density at radius 3 is 2.24 bits per heavy atom. The highest BCUT2D eigenvalue weighted by atomic mass is 32.2. The summed E-state index contributed by atoms with van der Waals surface area (Å²) in [5.41, 5.74) is 1.40. The number of morpholine rings is 1. The second kappa shape index (κ2) is 9.02. The molecule has 8 heteroatoms. The third kappa shape index (κ3) is 5.62. The van der Waals surface area contributed by atoms with Gasteiger partial charge in [-0.15, -0.1) is 0 Å². The molecule has 1 aliphatic rings. The molecule has 2 atom stereocenters. The van der Waals surface area contributed by atoms with Gasteiger partial charge in [-0.25, -0.2) is 12.8 Å².